The number of ether oxygens (including phenoxy) is 1. The predicted molar refractivity (Wildman–Crippen MR) is 140 cm³/mol. The number of amides is 2. The second kappa shape index (κ2) is 12.2. The number of nitrogens with one attached hydrogen (secondary N) is 1. The molecule has 0 aromatic heterocycles. The van der Waals surface area contributed by atoms with Crippen LogP contribution in [0.1, 0.15) is 43.9 Å². The summed E-state index contributed by atoms with van der Waals surface area (Å²) in [5, 5.41) is 2.84. The van der Waals surface area contributed by atoms with Crippen molar-refractivity contribution in [1.29, 1.82) is 0 Å². The van der Waals surface area contributed by atoms with E-state index in [2.05, 4.69) is 26.1 Å². The fourth-order valence-corrected chi connectivity index (χ4v) is 3.65. The van der Waals surface area contributed by atoms with Crippen LogP contribution in [0.2, 0.25) is 0 Å². The van der Waals surface area contributed by atoms with E-state index in [9.17, 15) is 9.59 Å². The Balaban J connectivity index is 1.64. The molecule has 3 aromatic rings. The van der Waals surface area contributed by atoms with Crippen LogP contribution in [-0.2, 0) is 29.2 Å². The Labute approximate surface area is 208 Å². The third-order valence-electron chi connectivity index (χ3n) is 5.36. The van der Waals surface area contributed by atoms with Crippen molar-refractivity contribution in [2.75, 3.05) is 11.9 Å². The zero-order valence-electron chi connectivity index (χ0n) is 20.8. The molecule has 0 saturated carbocycles. The van der Waals surface area contributed by atoms with Crippen molar-refractivity contribution in [3.05, 3.63) is 95.6 Å². The lowest BCUT2D eigenvalue weighted by Gasteiger charge is -2.27. The van der Waals surface area contributed by atoms with Gasteiger partial charge in [-0.1, -0.05) is 75.4 Å². The first-order chi connectivity index (χ1) is 16.7. The summed E-state index contributed by atoms with van der Waals surface area (Å²) in [4.78, 5) is 27.3. The van der Waals surface area contributed by atoms with E-state index in [0.29, 0.717) is 37.5 Å². The molecule has 3 aromatic carbocycles. The quantitative estimate of drug-likeness (QED) is 0.428. The average molecular weight is 474 g/mol. The third-order valence-corrected chi connectivity index (χ3v) is 5.36. The molecular weight excluding hydrogens is 438 g/mol. The zero-order valence-corrected chi connectivity index (χ0v) is 20.8. The van der Waals surface area contributed by atoms with Gasteiger partial charge < -0.3 is 20.7 Å². The summed E-state index contributed by atoms with van der Waals surface area (Å²) in [5.41, 5.74) is 9.45. The second-order valence-electron chi connectivity index (χ2n) is 9.86. The molecule has 0 radical (unpaired) electrons. The molecule has 3 rings (SSSR count). The van der Waals surface area contributed by atoms with Gasteiger partial charge in [-0.05, 0) is 46.4 Å². The second-order valence-corrected chi connectivity index (χ2v) is 9.86. The highest BCUT2D eigenvalue weighted by molar-refractivity contribution is 5.91. The SMILES string of the molecule is CC(C)(C)CC(=O)N(Cc1ccc(NC(=O)COc2ccccc2)cc1)Cc1cccc(CN)c1. The minimum absolute atomic E-state index is 0.0668. The molecule has 6 nitrogen and oxygen atoms in total. The molecule has 0 unspecified atom stereocenters. The highest BCUT2D eigenvalue weighted by Crippen LogP contribution is 2.22. The van der Waals surface area contributed by atoms with E-state index < -0.39 is 0 Å². The van der Waals surface area contributed by atoms with Crippen molar-refractivity contribution in [3.63, 3.8) is 0 Å². The van der Waals surface area contributed by atoms with Crippen LogP contribution in [0.4, 0.5) is 5.69 Å². The van der Waals surface area contributed by atoms with Gasteiger partial charge >= 0.3 is 0 Å². The molecule has 0 heterocycles. The molecule has 3 N–H and O–H groups in total. The Morgan fingerprint density at radius 3 is 2.17 bits per heavy atom. The summed E-state index contributed by atoms with van der Waals surface area (Å²) in [5.74, 6) is 0.518. The maximum atomic E-state index is 13.2. The van der Waals surface area contributed by atoms with Crippen molar-refractivity contribution in [2.45, 2.75) is 46.8 Å². The molecule has 35 heavy (non-hydrogen) atoms. The van der Waals surface area contributed by atoms with Crippen LogP contribution in [0, 0.1) is 5.41 Å². The molecule has 2 amide bonds. The Hall–Kier alpha value is -3.64. The maximum Gasteiger partial charge on any atom is 0.262 e. The van der Waals surface area contributed by atoms with Crippen LogP contribution in [0.5, 0.6) is 5.75 Å². The molecule has 0 bridgehead atoms. The first-order valence-electron chi connectivity index (χ1n) is 11.8. The van der Waals surface area contributed by atoms with Crippen LogP contribution in [0.15, 0.2) is 78.9 Å². The summed E-state index contributed by atoms with van der Waals surface area (Å²) in [6.07, 6.45) is 0.457. The number of nitrogens with zero attached hydrogens (tertiary/aromatic N) is 1. The summed E-state index contributed by atoms with van der Waals surface area (Å²) in [6.45, 7) is 7.59. The molecule has 0 aliphatic heterocycles. The average Bonchev–Trinajstić information content (AvgIpc) is 2.83. The van der Waals surface area contributed by atoms with E-state index >= 15 is 0 Å². The fourth-order valence-electron chi connectivity index (χ4n) is 3.65. The van der Waals surface area contributed by atoms with Gasteiger partial charge in [0, 0.05) is 31.7 Å². The Kier molecular flexibility index (Phi) is 9.04. The van der Waals surface area contributed by atoms with Crippen molar-refractivity contribution in [1.82, 2.24) is 4.90 Å². The number of rotatable bonds is 10. The third kappa shape index (κ3) is 8.91. The number of benzene rings is 3. The summed E-state index contributed by atoms with van der Waals surface area (Å²) in [6, 6.07) is 24.8. The molecule has 0 fully saturated rings. The van der Waals surface area contributed by atoms with Crippen molar-refractivity contribution in [2.24, 2.45) is 11.1 Å². The maximum absolute atomic E-state index is 13.2. The molecule has 0 saturated heterocycles. The lowest BCUT2D eigenvalue weighted by atomic mass is 9.91. The largest absolute Gasteiger partial charge is 0.484 e. The van der Waals surface area contributed by atoms with Crippen LogP contribution in [0.25, 0.3) is 0 Å². The highest BCUT2D eigenvalue weighted by atomic mass is 16.5. The number of carbonyl (C=O) groups excluding carboxylic acids is 2. The summed E-state index contributed by atoms with van der Waals surface area (Å²) < 4.78 is 5.49. The van der Waals surface area contributed by atoms with E-state index in [4.69, 9.17) is 10.5 Å². The van der Waals surface area contributed by atoms with E-state index in [1.54, 1.807) is 12.1 Å². The van der Waals surface area contributed by atoms with Gasteiger partial charge in [-0.25, -0.2) is 0 Å². The smallest absolute Gasteiger partial charge is 0.262 e. The number of carbonyl (C=O) groups is 2. The van der Waals surface area contributed by atoms with E-state index in [-0.39, 0.29) is 23.8 Å². The van der Waals surface area contributed by atoms with Gasteiger partial charge in [-0.2, -0.15) is 0 Å². The minimum atomic E-state index is -0.233. The van der Waals surface area contributed by atoms with Crippen LogP contribution in [-0.4, -0.2) is 23.3 Å². The number of para-hydroxylation sites is 1. The number of hydrogen-bond acceptors (Lipinski definition) is 4. The standard InChI is InChI=1S/C29H35N3O3/c1-29(2,3)17-28(34)32(20-24-9-7-8-23(16-24)18-30)19-22-12-14-25(15-13-22)31-27(33)21-35-26-10-5-4-6-11-26/h4-16H,17-21,30H2,1-3H3,(H,31,33). The number of anilines is 1. The lowest BCUT2D eigenvalue weighted by Crippen LogP contribution is -2.32. The zero-order chi connectivity index (χ0) is 25.3. The summed E-state index contributed by atoms with van der Waals surface area (Å²) in [7, 11) is 0. The van der Waals surface area contributed by atoms with E-state index in [1.165, 1.54) is 0 Å². The van der Waals surface area contributed by atoms with Crippen molar-refractivity contribution >= 4 is 17.5 Å². The van der Waals surface area contributed by atoms with Gasteiger partial charge in [0.15, 0.2) is 6.61 Å². The molecule has 0 spiro atoms. The molecule has 184 valence electrons. The molecule has 0 atom stereocenters. The van der Waals surface area contributed by atoms with Crippen LogP contribution in [0.3, 0.4) is 0 Å². The lowest BCUT2D eigenvalue weighted by molar-refractivity contribution is -0.134. The molecule has 0 aliphatic rings. The van der Waals surface area contributed by atoms with Gasteiger partial charge in [0.2, 0.25) is 5.91 Å². The van der Waals surface area contributed by atoms with Gasteiger partial charge in [-0.3, -0.25) is 9.59 Å². The van der Waals surface area contributed by atoms with E-state index in [0.717, 1.165) is 16.7 Å². The van der Waals surface area contributed by atoms with Crippen molar-refractivity contribution < 1.29 is 14.3 Å². The van der Waals surface area contributed by atoms with Gasteiger partial charge in [0.05, 0.1) is 0 Å². The van der Waals surface area contributed by atoms with Gasteiger partial charge in [0.1, 0.15) is 5.75 Å². The first-order valence-corrected chi connectivity index (χ1v) is 11.8. The molecule has 6 heteroatoms. The minimum Gasteiger partial charge on any atom is -0.484 e. The molecule has 0 aliphatic carbocycles. The Morgan fingerprint density at radius 2 is 1.51 bits per heavy atom. The topological polar surface area (TPSA) is 84.7 Å². The highest BCUT2D eigenvalue weighted by Gasteiger charge is 2.22. The van der Waals surface area contributed by atoms with Crippen LogP contribution >= 0.6 is 0 Å². The van der Waals surface area contributed by atoms with Gasteiger partial charge in [-0.15, -0.1) is 0 Å². The molecular formula is C29H35N3O3. The predicted octanol–water partition coefficient (Wildman–Crippen LogP) is 5.13. The van der Waals surface area contributed by atoms with Crippen LogP contribution < -0.4 is 15.8 Å². The van der Waals surface area contributed by atoms with E-state index in [1.807, 2.05) is 71.6 Å². The Morgan fingerprint density at radius 1 is 0.857 bits per heavy atom. The number of hydrogen-bond donors (Lipinski definition) is 2. The normalized spacial score (nSPS) is 11.1. The fraction of sp³-hybridized carbons (Fsp3) is 0.310. The first kappa shape index (κ1) is 26.0. The monoisotopic (exact) mass is 473 g/mol. The summed E-state index contributed by atoms with van der Waals surface area (Å²) >= 11 is 0. The van der Waals surface area contributed by atoms with Gasteiger partial charge in [0.25, 0.3) is 5.91 Å². The van der Waals surface area contributed by atoms with Crippen molar-refractivity contribution in [3.8, 4) is 5.75 Å². The Bertz CT molecular complexity index is 1110. The number of nitrogens with two attached hydrogens (primary N) is 1.